The Morgan fingerprint density at radius 3 is 2.49 bits per heavy atom. The summed E-state index contributed by atoms with van der Waals surface area (Å²) in [6.45, 7) is 5.07. The van der Waals surface area contributed by atoms with Crippen molar-refractivity contribution >= 4 is 56.4 Å². The summed E-state index contributed by atoms with van der Waals surface area (Å²) in [5.41, 5.74) is 2.31. The molecule has 2 amide bonds. The fraction of sp³-hybridized carbons (Fsp3) is 0.222. The molecule has 0 aliphatic rings. The first-order valence-corrected chi connectivity index (χ1v) is 12.6. The molecule has 0 saturated carbocycles. The predicted molar refractivity (Wildman–Crippen MR) is 148 cm³/mol. The quantitative estimate of drug-likeness (QED) is 0.236. The van der Waals surface area contributed by atoms with E-state index in [0.717, 1.165) is 23.0 Å². The smallest absolute Gasteiger partial charge is 0.261 e. The molecule has 0 heterocycles. The van der Waals surface area contributed by atoms with E-state index < -0.39 is 0 Å². The van der Waals surface area contributed by atoms with Gasteiger partial charge in [0.25, 0.3) is 11.8 Å². The van der Waals surface area contributed by atoms with Crippen LogP contribution in [0.2, 0.25) is 0 Å². The molecule has 0 bridgehead atoms. The molecule has 6 nitrogen and oxygen atoms in total. The molecule has 0 atom stereocenters. The largest absolute Gasteiger partial charge is 0.493 e. The van der Waals surface area contributed by atoms with Crippen molar-refractivity contribution in [2.75, 3.05) is 23.4 Å². The van der Waals surface area contributed by atoms with Crippen LogP contribution in [0, 0.1) is 0 Å². The van der Waals surface area contributed by atoms with Crippen molar-refractivity contribution in [3.05, 3.63) is 88.4 Å². The SMILES string of the molecule is CCCCOc1ccc(Br)cc1C(=O)NC(=S)Nc1cccc(C(=O)N(CC)c2ccccc2)c1. The number of benzene rings is 3. The molecule has 0 fully saturated rings. The minimum atomic E-state index is -0.385. The standard InChI is InChI=1S/C27H28BrN3O3S/c1-3-5-16-34-24-15-14-20(28)18-23(24)25(32)30-27(35)29-21-11-9-10-19(17-21)26(33)31(4-2)22-12-7-6-8-13-22/h6-15,17-18H,3-5,16H2,1-2H3,(H2,29,30,32,35). The Bertz CT molecular complexity index is 1190. The van der Waals surface area contributed by atoms with Crippen LogP contribution in [0.3, 0.4) is 0 Å². The molecule has 8 heteroatoms. The fourth-order valence-corrected chi connectivity index (χ4v) is 3.97. The highest BCUT2D eigenvalue weighted by Crippen LogP contribution is 2.24. The van der Waals surface area contributed by atoms with Gasteiger partial charge in [0.2, 0.25) is 0 Å². The van der Waals surface area contributed by atoms with Gasteiger partial charge in [-0.25, -0.2) is 0 Å². The maximum Gasteiger partial charge on any atom is 0.261 e. The van der Waals surface area contributed by atoms with Gasteiger partial charge in [-0.1, -0.05) is 53.5 Å². The lowest BCUT2D eigenvalue weighted by molar-refractivity contribution is 0.0969. The minimum absolute atomic E-state index is 0.120. The summed E-state index contributed by atoms with van der Waals surface area (Å²) in [5.74, 6) is -0.0146. The van der Waals surface area contributed by atoms with E-state index in [0.29, 0.717) is 35.7 Å². The van der Waals surface area contributed by atoms with Crippen LogP contribution < -0.4 is 20.3 Å². The lowest BCUT2D eigenvalue weighted by Crippen LogP contribution is -2.34. The Balaban J connectivity index is 1.69. The third-order valence-corrected chi connectivity index (χ3v) is 5.86. The Labute approximate surface area is 219 Å². The number of nitrogens with zero attached hydrogens (tertiary/aromatic N) is 1. The topological polar surface area (TPSA) is 70.7 Å². The summed E-state index contributed by atoms with van der Waals surface area (Å²) in [6, 6.07) is 21.8. The Morgan fingerprint density at radius 1 is 1.00 bits per heavy atom. The van der Waals surface area contributed by atoms with Crippen LogP contribution in [0.1, 0.15) is 47.4 Å². The van der Waals surface area contributed by atoms with Crippen LogP contribution in [-0.4, -0.2) is 30.1 Å². The number of hydrogen-bond donors (Lipinski definition) is 2. The number of unbranched alkanes of at least 4 members (excludes halogenated alkanes) is 1. The van der Waals surface area contributed by atoms with Gasteiger partial charge in [0, 0.05) is 28.0 Å². The Hall–Kier alpha value is -3.23. The molecule has 0 saturated heterocycles. The highest BCUT2D eigenvalue weighted by atomic mass is 79.9. The minimum Gasteiger partial charge on any atom is -0.493 e. The third-order valence-electron chi connectivity index (χ3n) is 5.17. The Kier molecular flexibility index (Phi) is 9.81. The summed E-state index contributed by atoms with van der Waals surface area (Å²) in [6.07, 6.45) is 1.89. The second-order valence-electron chi connectivity index (χ2n) is 7.72. The monoisotopic (exact) mass is 553 g/mol. The van der Waals surface area contributed by atoms with Crippen molar-refractivity contribution in [2.24, 2.45) is 0 Å². The van der Waals surface area contributed by atoms with Crippen LogP contribution >= 0.6 is 28.1 Å². The van der Waals surface area contributed by atoms with Crippen LogP contribution in [0.5, 0.6) is 5.75 Å². The summed E-state index contributed by atoms with van der Waals surface area (Å²) < 4.78 is 6.54. The molecule has 0 unspecified atom stereocenters. The summed E-state index contributed by atoms with van der Waals surface area (Å²) in [4.78, 5) is 27.7. The van der Waals surface area contributed by atoms with Gasteiger partial charge < -0.3 is 15.0 Å². The number of carbonyl (C=O) groups is 2. The number of hydrogen-bond acceptors (Lipinski definition) is 4. The highest BCUT2D eigenvalue weighted by molar-refractivity contribution is 9.10. The molecule has 182 valence electrons. The summed E-state index contributed by atoms with van der Waals surface area (Å²) >= 11 is 8.77. The molecule has 3 rings (SSSR count). The summed E-state index contributed by atoms with van der Waals surface area (Å²) in [7, 11) is 0. The molecule has 35 heavy (non-hydrogen) atoms. The van der Waals surface area contributed by atoms with Crippen molar-refractivity contribution in [3.8, 4) is 5.75 Å². The number of para-hydroxylation sites is 1. The number of nitrogens with one attached hydrogen (secondary N) is 2. The molecule has 0 aliphatic heterocycles. The first-order chi connectivity index (χ1) is 16.9. The van der Waals surface area contributed by atoms with Crippen molar-refractivity contribution in [2.45, 2.75) is 26.7 Å². The van der Waals surface area contributed by atoms with Crippen molar-refractivity contribution in [1.29, 1.82) is 0 Å². The number of ether oxygens (including phenoxy) is 1. The molecular formula is C27H28BrN3O3S. The molecule has 2 N–H and O–H groups in total. The van der Waals surface area contributed by atoms with E-state index in [-0.39, 0.29) is 16.9 Å². The van der Waals surface area contributed by atoms with Gasteiger partial charge in [0.15, 0.2) is 5.11 Å². The molecule has 0 spiro atoms. The van der Waals surface area contributed by atoms with Crippen molar-refractivity contribution in [1.82, 2.24) is 5.32 Å². The van der Waals surface area contributed by atoms with Crippen LogP contribution in [0.4, 0.5) is 11.4 Å². The maximum atomic E-state index is 13.1. The maximum absolute atomic E-state index is 13.1. The van der Waals surface area contributed by atoms with Crippen LogP contribution in [0.15, 0.2) is 77.3 Å². The van der Waals surface area contributed by atoms with Crippen LogP contribution in [-0.2, 0) is 0 Å². The molecule has 0 aromatic heterocycles. The number of thiocarbonyl (C=S) groups is 1. The molecule has 3 aromatic carbocycles. The number of rotatable bonds is 9. The van der Waals surface area contributed by atoms with Crippen molar-refractivity contribution in [3.63, 3.8) is 0 Å². The predicted octanol–water partition coefficient (Wildman–Crippen LogP) is 6.42. The third kappa shape index (κ3) is 7.37. The lowest BCUT2D eigenvalue weighted by Gasteiger charge is -2.21. The molecule has 0 radical (unpaired) electrons. The molecule has 3 aromatic rings. The van der Waals surface area contributed by atoms with E-state index >= 15 is 0 Å². The van der Waals surface area contributed by atoms with Gasteiger partial charge in [0.1, 0.15) is 5.75 Å². The van der Waals surface area contributed by atoms with E-state index in [1.54, 1.807) is 41.3 Å². The molecular weight excluding hydrogens is 526 g/mol. The van der Waals surface area contributed by atoms with Gasteiger partial charge in [-0.2, -0.15) is 0 Å². The second-order valence-corrected chi connectivity index (χ2v) is 9.04. The zero-order valence-corrected chi connectivity index (χ0v) is 22.1. The van der Waals surface area contributed by atoms with E-state index in [4.69, 9.17) is 17.0 Å². The van der Waals surface area contributed by atoms with Gasteiger partial charge in [0.05, 0.1) is 12.2 Å². The van der Waals surface area contributed by atoms with Gasteiger partial charge in [-0.15, -0.1) is 0 Å². The highest BCUT2D eigenvalue weighted by Gasteiger charge is 2.18. The molecule has 0 aliphatic carbocycles. The Morgan fingerprint density at radius 2 is 1.77 bits per heavy atom. The number of amides is 2. The van der Waals surface area contributed by atoms with E-state index in [9.17, 15) is 9.59 Å². The normalized spacial score (nSPS) is 10.4. The summed E-state index contributed by atoms with van der Waals surface area (Å²) in [5, 5.41) is 5.81. The lowest BCUT2D eigenvalue weighted by atomic mass is 10.1. The average molecular weight is 555 g/mol. The van der Waals surface area contributed by atoms with E-state index in [1.165, 1.54) is 0 Å². The number of carbonyl (C=O) groups excluding carboxylic acids is 2. The number of halogens is 1. The zero-order chi connectivity index (χ0) is 25.2. The first-order valence-electron chi connectivity index (χ1n) is 11.4. The van der Waals surface area contributed by atoms with E-state index in [2.05, 4.69) is 33.5 Å². The van der Waals surface area contributed by atoms with Gasteiger partial charge in [-0.3, -0.25) is 14.9 Å². The van der Waals surface area contributed by atoms with E-state index in [1.807, 2.05) is 43.3 Å². The van der Waals surface area contributed by atoms with Gasteiger partial charge >= 0.3 is 0 Å². The fourth-order valence-electron chi connectivity index (χ4n) is 3.40. The van der Waals surface area contributed by atoms with Crippen LogP contribution in [0.25, 0.3) is 0 Å². The second kappa shape index (κ2) is 13.0. The van der Waals surface area contributed by atoms with Gasteiger partial charge in [-0.05, 0) is 74.1 Å². The first kappa shape index (κ1) is 26.4. The average Bonchev–Trinajstić information content (AvgIpc) is 2.86. The number of anilines is 2. The van der Waals surface area contributed by atoms with Crippen molar-refractivity contribution < 1.29 is 14.3 Å². The zero-order valence-electron chi connectivity index (χ0n) is 19.7.